The van der Waals surface area contributed by atoms with E-state index in [0.29, 0.717) is 5.56 Å². The van der Waals surface area contributed by atoms with E-state index in [2.05, 4.69) is 13.0 Å². The summed E-state index contributed by atoms with van der Waals surface area (Å²) < 4.78 is 27.1. The van der Waals surface area contributed by atoms with Crippen LogP contribution in [0.5, 0.6) is 0 Å². The van der Waals surface area contributed by atoms with Gasteiger partial charge in [-0.2, -0.15) is 0 Å². The molecule has 0 radical (unpaired) electrons. The Bertz CT molecular complexity index is 490. The number of rotatable bonds is 8. The molecule has 22 heavy (non-hydrogen) atoms. The van der Waals surface area contributed by atoms with E-state index in [-0.39, 0.29) is 0 Å². The fourth-order valence-electron chi connectivity index (χ4n) is 3.36. The molecule has 1 atom stereocenters. The summed E-state index contributed by atoms with van der Waals surface area (Å²) in [5.74, 6) is -0.706. The zero-order chi connectivity index (χ0) is 15.8. The molecule has 2 rings (SSSR count). The van der Waals surface area contributed by atoms with Crippen LogP contribution in [0.15, 0.2) is 24.3 Å². The van der Waals surface area contributed by atoms with Gasteiger partial charge in [0.1, 0.15) is 0 Å². The molecule has 1 aliphatic rings. The van der Waals surface area contributed by atoms with E-state index in [4.69, 9.17) is 0 Å². The Morgan fingerprint density at radius 3 is 2.55 bits per heavy atom. The van der Waals surface area contributed by atoms with Gasteiger partial charge in [0.25, 0.3) is 0 Å². The Balaban J connectivity index is 1.76. The molecule has 122 valence electrons. The fraction of sp³-hybridized carbons (Fsp3) is 0.600. The van der Waals surface area contributed by atoms with E-state index in [9.17, 15) is 8.78 Å². The molecule has 0 aromatic heterocycles. The third-order valence-electron chi connectivity index (χ3n) is 4.78. The van der Waals surface area contributed by atoms with Gasteiger partial charge >= 0.3 is 0 Å². The molecule has 2 heteroatoms. The third-order valence-corrected chi connectivity index (χ3v) is 4.78. The number of benzene rings is 1. The molecule has 0 heterocycles. The summed E-state index contributed by atoms with van der Waals surface area (Å²) in [4.78, 5) is 0. The minimum absolute atomic E-state index is 0.456. The van der Waals surface area contributed by atoms with Crippen LogP contribution in [0.4, 0.5) is 8.78 Å². The molecule has 0 saturated carbocycles. The van der Waals surface area contributed by atoms with Crippen molar-refractivity contribution >= 4 is 5.57 Å². The highest BCUT2D eigenvalue weighted by Crippen LogP contribution is 2.34. The SMILES string of the molecule is CCCCCCCCC1CC=C(c2cccc(F)c2F)CC1. The summed E-state index contributed by atoms with van der Waals surface area (Å²) in [6.45, 7) is 2.24. The largest absolute Gasteiger partial charge is 0.204 e. The number of unbranched alkanes of at least 4 members (excludes halogenated alkanes) is 5. The van der Waals surface area contributed by atoms with Crippen molar-refractivity contribution in [2.45, 2.75) is 71.1 Å². The van der Waals surface area contributed by atoms with Crippen LogP contribution in [-0.4, -0.2) is 0 Å². The van der Waals surface area contributed by atoms with Crippen LogP contribution in [0.25, 0.3) is 5.57 Å². The lowest BCUT2D eigenvalue weighted by molar-refractivity contribution is 0.422. The molecule has 1 aliphatic carbocycles. The second-order valence-electron chi connectivity index (χ2n) is 6.53. The molecule has 1 unspecified atom stereocenters. The van der Waals surface area contributed by atoms with Gasteiger partial charge < -0.3 is 0 Å². The number of hydrogen-bond acceptors (Lipinski definition) is 0. The first-order valence-corrected chi connectivity index (χ1v) is 8.85. The van der Waals surface area contributed by atoms with E-state index in [1.165, 1.54) is 51.0 Å². The monoisotopic (exact) mass is 306 g/mol. The van der Waals surface area contributed by atoms with Gasteiger partial charge in [0.2, 0.25) is 0 Å². The molecule has 0 saturated heterocycles. The van der Waals surface area contributed by atoms with Crippen molar-refractivity contribution in [1.29, 1.82) is 0 Å². The Labute approximate surface area is 133 Å². The summed E-state index contributed by atoms with van der Waals surface area (Å²) in [6.07, 6.45) is 14.4. The highest BCUT2D eigenvalue weighted by atomic mass is 19.2. The second kappa shape index (κ2) is 9.07. The van der Waals surface area contributed by atoms with Crippen LogP contribution in [0.2, 0.25) is 0 Å². The molecule has 0 aliphatic heterocycles. The highest BCUT2D eigenvalue weighted by Gasteiger charge is 2.18. The smallest absolute Gasteiger partial charge is 0.166 e. The number of hydrogen-bond donors (Lipinski definition) is 0. The molecular weight excluding hydrogens is 278 g/mol. The van der Waals surface area contributed by atoms with E-state index < -0.39 is 11.6 Å². The van der Waals surface area contributed by atoms with Gasteiger partial charge in [-0.1, -0.05) is 70.1 Å². The first-order valence-electron chi connectivity index (χ1n) is 8.85. The highest BCUT2D eigenvalue weighted by molar-refractivity contribution is 5.66. The van der Waals surface area contributed by atoms with Gasteiger partial charge in [0.05, 0.1) is 0 Å². The molecule has 0 amide bonds. The average Bonchev–Trinajstić information content (AvgIpc) is 2.54. The molecule has 1 aromatic rings. The van der Waals surface area contributed by atoms with Gasteiger partial charge in [-0.15, -0.1) is 0 Å². The standard InChI is InChI=1S/C20H28F2/c1-2-3-4-5-6-7-9-16-12-14-17(15-13-16)18-10-8-11-19(21)20(18)22/h8,10-11,14,16H,2-7,9,12-13,15H2,1H3. The topological polar surface area (TPSA) is 0 Å². The molecule has 0 N–H and O–H groups in total. The molecule has 0 fully saturated rings. The van der Waals surface area contributed by atoms with Gasteiger partial charge in [-0.3, -0.25) is 0 Å². The maximum Gasteiger partial charge on any atom is 0.166 e. The lowest BCUT2D eigenvalue weighted by Crippen LogP contribution is -2.06. The van der Waals surface area contributed by atoms with E-state index in [1.54, 1.807) is 12.1 Å². The minimum Gasteiger partial charge on any atom is -0.204 e. The zero-order valence-electron chi connectivity index (χ0n) is 13.7. The summed E-state index contributed by atoms with van der Waals surface area (Å²) in [5, 5.41) is 0. The van der Waals surface area contributed by atoms with Crippen molar-refractivity contribution in [1.82, 2.24) is 0 Å². The lowest BCUT2D eigenvalue weighted by Gasteiger charge is -2.22. The molecule has 0 bridgehead atoms. The summed E-state index contributed by atoms with van der Waals surface area (Å²) in [7, 11) is 0. The van der Waals surface area contributed by atoms with Crippen LogP contribution < -0.4 is 0 Å². The van der Waals surface area contributed by atoms with Crippen LogP contribution in [-0.2, 0) is 0 Å². The predicted octanol–water partition coefficient (Wildman–Crippen LogP) is 6.90. The van der Waals surface area contributed by atoms with Crippen molar-refractivity contribution in [2.75, 3.05) is 0 Å². The van der Waals surface area contributed by atoms with E-state index in [1.807, 2.05) is 0 Å². The summed E-state index contributed by atoms with van der Waals surface area (Å²) >= 11 is 0. The Kier molecular flexibility index (Phi) is 7.08. The predicted molar refractivity (Wildman–Crippen MR) is 89.7 cm³/mol. The summed E-state index contributed by atoms with van der Waals surface area (Å²) in [5.41, 5.74) is 1.44. The third kappa shape index (κ3) is 4.93. The van der Waals surface area contributed by atoms with Crippen LogP contribution in [0.3, 0.4) is 0 Å². The van der Waals surface area contributed by atoms with Crippen LogP contribution in [0.1, 0.15) is 76.7 Å². The van der Waals surface area contributed by atoms with E-state index in [0.717, 1.165) is 30.8 Å². The fourth-order valence-corrected chi connectivity index (χ4v) is 3.36. The van der Waals surface area contributed by atoms with Gasteiger partial charge in [0, 0.05) is 5.56 Å². The summed E-state index contributed by atoms with van der Waals surface area (Å²) in [6, 6.07) is 4.47. The van der Waals surface area contributed by atoms with Gasteiger partial charge in [0.15, 0.2) is 11.6 Å². The van der Waals surface area contributed by atoms with Crippen LogP contribution in [0, 0.1) is 17.6 Å². The Morgan fingerprint density at radius 1 is 1.05 bits per heavy atom. The Morgan fingerprint density at radius 2 is 1.82 bits per heavy atom. The second-order valence-corrected chi connectivity index (χ2v) is 6.53. The quantitative estimate of drug-likeness (QED) is 0.458. The van der Waals surface area contributed by atoms with Crippen molar-refractivity contribution in [3.8, 4) is 0 Å². The van der Waals surface area contributed by atoms with E-state index >= 15 is 0 Å². The minimum atomic E-state index is -0.743. The number of halogens is 2. The molecular formula is C20H28F2. The van der Waals surface area contributed by atoms with Crippen molar-refractivity contribution in [3.63, 3.8) is 0 Å². The molecule has 1 aromatic carbocycles. The molecule has 0 nitrogen and oxygen atoms in total. The van der Waals surface area contributed by atoms with Crippen molar-refractivity contribution < 1.29 is 8.78 Å². The first-order chi connectivity index (χ1) is 10.7. The maximum absolute atomic E-state index is 13.8. The Hall–Kier alpha value is -1.18. The lowest BCUT2D eigenvalue weighted by atomic mass is 9.83. The zero-order valence-corrected chi connectivity index (χ0v) is 13.7. The molecule has 0 spiro atoms. The van der Waals surface area contributed by atoms with Gasteiger partial charge in [-0.05, 0) is 36.8 Å². The number of allylic oxidation sites excluding steroid dienone is 2. The van der Waals surface area contributed by atoms with Crippen LogP contribution >= 0.6 is 0 Å². The van der Waals surface area contributed by atoms with Crippen molar-refractivity contribution in [2.24, 2.45) is 5.92 Å². The average molecular weight is 306 g/mol. The van der Waals surface area contributed by atoms with Crippen molar-refractivity contribution in [3.05, 3.63) is 41.5 Å². The first kappa shape index (κ1) is 17.2. The van der Waals surface area contributed by atoms with Gasteiger partial charge in [-0.25, -0.2) is 8.78 Å². The maximum atomic E-state index is 13.8. The normalized spacial score (nSPS) is 18.3.